The van der Waals surface area contributed by atoms with Crippen molar-refractivity contribution in [2.45, 2.75) is 26.7 Å². The lowest BCUT2D eigenvalue weighted by molar-refractivity contribution is -0.121. The summed E-state index contributed by atoms with van der Waals surface area (Å²) in [6, 6.07) is 11.1. The van der Waals surface area contributed by atoms with Crippen LogP contribution in [0.2, 0.25) is 5.02 Å². The Kier molecular flexibility index (Phi) is 6.04. The molecule has 1 atom stereocenters. The molecule has 0 radical (unpaired) electrons. The summed E-state index contributed by atoms with van der Waals surface area (Å²) in [5.74, 6) is 0.0694. The molecule has 1 aliphatic rings. The average molecular weight is 438 g/mol. The Morgan fingerprint density at radius 1 is 1.19 bits per heavy atom. The third-order valence-electron chi connectivity index (χ3n) is 5.62. The number of aromatic nitrogens is 3. The predicted octanol–water partition coefficient (Wildman–Crippen LogP) is 4.03. The van der Waals surface area contributed by atoms with Crippen molar-refractivity contribution in [3.05, 3.63) is 70.6 Å². The van der Waals surface area contributed by atoms with E-state index >= 15 is 0 Å². The van der Waals surface area contributed by atoms with Crippen LogP contribution in [0.3, 0.4) is 0 Å². The standard InChI is InChI=1S/C23H24ClN5O2/c1-15-6-4-10-25-21(15)27-22(30)17-7-5-11-28(14-17)23(31)20-13-26-29(16(20)2)19-9-3-8-18(24)12-19/h3-4,6,8-10,12-13,17H,5,7,11,14H2,1-2H3,(H,25,27,30). The lowest BCUT2D eigenvalue weighted by Gasteiger charge is -2.32. The largest absolute Gasteiger partial charge is 0.338 e. The molecule has 1 fully saturated rings. The number of likely N-dealkylation sites (tertiary alicyclic amines) is 1. The third kappa shape index (κ3) is 4.46. The molecule has 0 bridgehead atoms. The highest BCUT2D eigenvalue weighted by atomic mass is 35.5. The van der Waals surface area contributed by atoms with Crippen molar-refractivity contribution in [2.24, 2.45) is 5.92 Å². The monoisotopic (exact) mass is 437 g/mol. The number of carbonyl (C=O) groups is 2. The van der Waals surface area contributed by atoms with Crippen molar-refractivity contribution in [2.75, 3.05) is 18.4 Å². The first-order valence-corrected chi connectivity index (χ1v) is 10.6. The number of carbonyl (C=O) groups excluding carboxylic acids is 2. The van der Waals surface area contributed by atoms with E-state index in [-0.39, 0.29) is 17.7 Å². The molecule has 1 unspecified atom stereocenters. The van der Waals surface area contributed by atoms with Gasteiger partial charge in [0.2, 0.25) is 5.91 Å². The van der Waals surface area contributed by atoms with Crippen LogP contribution < -0.4 is 5.32 Å². The normalized spacial score (nSPS) is 16.2. The van der Waals surface area contributed by atoms with E-state index in [1.54, 1.807) is 34.1 Å². The molecular weight excluding hydrogens is 414 g/mol. The van der Waals surface area contributed by atoms with Gasteiger partial charge in [-0.2, -0.15) is 5.10 Å². The topological polar surface area (TPSA) is 80.1 Å². The highest BCUT2D eigenvalue weighted by Crippen LogP contribution is 2.23. The number of pyridine rings is 1. The zero-order valence-corrected chi connectivity index (χ0v) is 18.3. The van der Waals surface area contributed by atoms with E-state index in [2.05, 4.69) is 15.4 Å². The molecule has 1 N–H and O–H groups in total. The maximum atomic E-state index is 13.2. The first kappa shape index (κ1) is 21.1. The van der Waals surface area contributed by atoms with Crippen molar-refractivity contribution in [1.29, 1.82) is 0 Å². The Labute approximate surface area is 186 Å². The number of anilines is 1. The first-order chi connectivity index (χ1) is 14.9. The fourth-order valence-electron chi connectivity index (χ4n) is 3.87. The summed E-state index contributed by atoms with van der Waals surface area (Å²) >= 11 is 6.09. The van der Waals surface area contributed by atoms with Crippen LogP contribution in [0, 0.1) is 19.8 Å². The molecule has 1 aromatic carbocycles. The van der Waals surface area contributed by atoms with E-state index in [9.17, 15) is 9.59 Å². The number of hydrogen-bond acceptors (Lipinski definition) is 4. The molecule has 3 aromatic rings. The maximum Gasteiger partial charge on any atom is 0.257 e. The minimum atomic E-state index is -0.276. The van der Waals surface area contributed by atoms with Crippen LogP contribution in [-0.4, -0.2) is 44.6 Å². The molecule has 2 amide bonds. The Balaban J connectivity index is 1.48. The summed E-state index contributed by atoms with van der Waals surface area (Å²) in [5, 5.41) is 7.90. The number of halogens is 1. The molecule has 0 aliphatic carbocycles. The number of aryl methyl sites for hydroxylation is 1. The van der Waals surface area contributed by atoms with Crippen molar-refractivity contribution < 1.29 is 9.59 Å². The number of hydrogen-bond donors (Lipinski definition) is 1. The van der Waals surface area contributed by atoms with Crippen LogP contribution in [0.15, 0.2) is 48.8 Å². The van der Waals surface area contributed by atoms with E-state index in [0.717, 1.165) is 29.8 Å². The Bertz CT molecular complexity index is 1130. The van der Waals surface area contributed by atoms with E-state index in [1.807, 2.05) is 38.1 Å². The van der Waals surface area contributed by atoms with Gasteiger partial charge in [-0.05, 0) is 56.5 Å². The Hall–Kier alpha value is -3.19. The van der Waals surface area contributed by atoms with Gasteiger partial charge in [0.05, 0.1) is 29.1 Å². The van der Waals surface area contributed by atoms with Crippen LogP contribution in [-0.2, 0) is 4.79 Å². The summed E-state index contributed by atoms with van der Waals surface area (Å²) in [6.45, 7) is 4.75. The number of nitrogens with one attached hydrogen (secondary N) is 1. The van der Waals surface area contributed by atoms with Gasteiger partial charge in [0, 0.05) is 24.3 Å². The van der Waals surface area contributed by atoms with E-state index in [0.29, 0.717) is 29.5 Å². The van der Waals surface area contributed by atoms with E-state index in [4.69, 9.17) is 11.6 Å². The van der Waals surface area contributed by atoms with Crippen molar-refractivity contribution >= 4 is 29.2 Å². The number of benzene rings is 1. The maximum absolute atomic E-state index is 13.2. The lowest BCUT2D eigenvalue weighted by atomic mass is 9.96. The van der Waals surface area contributed by atoms with Gasteiger partial charge in [-0.3, -0.25) is 9.59 Å². The number of nitrogens with zero attached hydrogens (tertiary/aromatic N) is 4. The average Bonchev–Trinajstić information content (AvgIpc) is 3.16. The minimum absolute atomic E-state index is 0.106. The smallest absolute Gasteiger partial charge is 0.257 e. The molecular formula is C23H24ClN5O2. The van der Waals surface area contributed by atoms with Crippen molar-refractivity contribution in [3.8, 4) is 5.69 Å². The molecule has 1 aliphatic heterocycles. The summed E-state index contributed by atoms with van der Waals surface area (Å²) < 4.78 is 1.71. The molecule has 31 heavy (non-hydrogen) atoms. The second-order valence-electron chi connectivity index (χ2n) is 7.78. The number of rotatable bonds is 4. The molecule has 2 aromatic heterocycles. The molecule has 0 saturated carbocycles. The van der Waals surface area contributed by atoms with Gasteiger partial charge in [0.15, 0.2) is 0 Å². The second kappa shape index (κ2) is 8.89. The van der Waals surface area contributed by atoms with E-state index in [1.165, 1.54) is 0 Å². The number of piperidine rings is 1. The predicted molar refractivity (Wildman–Crippen MR) is 120 cm³/mol. The molecule has 160 valence electrons. The number of amides is 2. The fourth-order valence-corrected chi connectivity index (χ4v) is 4.05. The molecule has 0 spiro atoms. The zero-order valence-electron chi connectivity index (χ0n) is 17.5. The van der Waals surface area contributed by atoms with Crippen LogP contribution >= 0.6 is 11.6 Å². The van der Waals surface area contributed by atoms with Gasteiger partial charge in [0.25, 0.3) is 5.91 Å². The minimum Gasteiger partial charge on any atom is -0.338 e. The molecule has 7 nitrogen and oxygen atoms in total. The summed E-state index contributed by atoms with van der Waals surface area (Å²) in [4.78, 5) is 32.0. The van der Waals surface area contributed by atoms with E-state index < -0.39 is 0 Å². The van der Waals surface area contributed by atoms with Crippen LogP contribution in [0.25, 0.3) is 5.69 Å². The third-order valence-corrected chi connectivity index (χ3v) is 5.86. The van der Waals surface area contributed by atoms with Gasteiger partial charge in [-0.25, -0.2) is 9.67 Å². The SMILES string of the molecule is Cc1cccnc1NC(=O)C1CCCN(C(=O)c2cnn(-c3cccc(Cl)c3)c2C)C1. The fraction of sp³-hybridized carbons (Fsp3) is 0.304. The molecule has 3 heterocycles. The first-order valence-electron chi connectivity index (χ1n) is 10.3. The highest BCUT2D eigenvalue weighted by molar-refractivity contribution is 6.30. The van der Waals surface area contributed by atoms with Crippen LogP contribution in [0.1, 0.15) is 34.5 Å². The summed E-state index contributed by atoms with van der Waals surface area (Å²) in [7, 11) is 0. The van der Waals surface area contributed by atoms with Gasteiger partial charge in [-0.15, -0.1) is 0 Å². The lowest BCUT2D eigenvalue weighted by Crippen LogP contribution is -2.44. The highest BCUT2D eigenvalue weighted by Gasteiger charge is 2.30. The van der Waals surface area contributed by atoms with Gasteiger partial charge >= 0.3 is 0 Å². The summed E-state index contributed by atoms with van der Waals surface area (Å²) in [6.07, 6.45) is 4.74. The molecule has 4 rings (SSSR count). The van der Waals surface area contributed by atoms with Gasteiger partial charge in [0.1, 0.15) is 5.82 Å². The quantitative estimate of drug-likeness (QED) is 0.668. The van der Waals surface area contributed by atoms with Crippen molar-refractivity contribution in [1.82, 2.24) is 19.7 Å². The van der Waals surface area contributed by atoms with Crippen molar-refractivity contribution in [3.63, 3.8) is 0 Å². The van der Waals surface area contributed by atoms with Crippen LogP contribution in [0.4, 0.5) is 5.82 Å². The zero-order chi connectivity index (χ0) is 22.0. The second-order valence-corrected chi connectivity index (χ2v) is 8.22. The van der Waals surface area contributed by atoms with Crippen LogP contribution in [0.5, 0.6) is 0 Å². The van der Waals surface area contributed by atoms with Gasteiger partial charge in [-0.1, -0.05) is 23.7 Å². The summed E-state index contributed by atoms with van der Waals surface area (Å²) in [5.41, 5.74) is 2.97. The van der Waals surface area contributed by atoms with Gasteiger partial charge < -0.3 is 10.2 Å². The molecule has 8 heteroatoms. The Morgan fingerprint density at radius 3 is 2.81 bits per heavy atom. The Morgan fingerprint density at radius 2 is 2.03 bits per heavy atom. The molecule has 1 saturated heterocycles.